The van der Waals surface area contributed by atoms with Crippen molar-refractivity contribution < 1.29 is 19.5 Å². The van der Waals surface area contributed by atoms with Crippen molar-refractivity contribution >= 4 is 17.9 Å². The molecule has 1 aliphatic carbocycles. The summed E-state index contributed by atoms with van der Waals surface area (Å²) in [5.41, 5.74) is 0. The summed E-state index contributed by atoms with van der Waals surface area (Å²) < 4.78 is 0. The van der Waals surface area contributed by atoms with Gasteiger partial charge in [-0.05, 0) is 25.2 Å². The Balaban J connectivity index is 2.19. The third kappa shape index (κ3) is 5.16. The van der Waals surface area contributed by atoms with Crippen LogP contribution in [0, 0.1) is 5.92 Å². The number of amides is 3. The Morgan fingerprint density at radius 3 is 2.50 bits per heavy atom. The highest BCUT2D eigenvalue weighted by Gasteiger charge is 2.25. The van der Waals surface area contributed by atoms with Gasteiger partial charge >= 0.3 is 12.0 Å². The molecule has 0 aromatic heterocycles. The van der Waals surface area contributed by atoms with Crippen LogP contribution in [-0.4, -0.2) is 29.1 Å². The van der Waals surface area contributed by atoms with Crippen LogP contribution in [0.1, 0.15) is 45.4 Å². The van der Waals surface area contributed by atoms with E-state index in [4.69, 9.17) is 5.11 Å². The highest BCUT2D eigenvalue weighted by molar-refractivity contribution is 5.94. The number of hydrogen-bond donors (Lipinski definition) is 3. The lowest BCUT2D eigenvalue weighted by Crippen LogP contribution is -2.45. The SMILES string of the molecule is CC1CCCC1NC(=O)NC(=O)CCCC(=O)O. The molecule has 0 spiro atoms. The maximum atomic E-state index is 11.5. The molecule has 3 N–H and O–H groups in total. The fourth-order valence-corrected chi connectivity index (χ4v) is 2.15. The molecule has 3 amide bonds. The van der Waals surface area contributed by atoms with Crippen molar-refractivity contribution in [1.29, 1.82) is 0 Å². The summed E-state index contributed by atoms with van der Waals surface area (Å²) in [6.07, 6.45) is 3.38. The summed E-state index contributed by atoms with van der Waals surface area (Å²) in [6.45, 7) is 2.08. The van der Waals surface area contributed by atoms with E-state index in [1.165, 1.54) is 0 Å². The Bertz CT molecular complexity index is 330. The number of nitrogens with one attached hydrogen (secondary N) is 2. The predicted octanol–water partition coefficient (Wildman–Crippen LogP) is 1.26. The fourth-order valence-electron chi connectivity index (χ4n) is 2.15. The molecule has 0 aliphatic heterocycles. The van der Waals surface area contributed by atoms with Gasteiger partial charge in [-0.15, -0.1) is 0 Å². The third-order valence-electron chi connectivity index (χ3n) is 3.23. The van der Waals surface area contributed by atoms with Gasteiger partial charge in [0.25, 0.3) is 0 Å². The second-order valence-corrected chi connectivity index (χ2v) is 4.78. The van der Waals surface area contributed by atoms with Gasteiger partial charge < -0.3 is 10.4 Å². The molecule has 1 fully saturated rings. The first-order valence-corrected chi connectivity index (χ1v) is 6.31. The number of rotatable bonds is 5. The highest BCUT2D eigenvalue weighted by Crippen LogP contribution is 2.24. The van der Waals surface area contributed by atoms with Gasteiger partial charge in [0.2, 0.25) is 5.91 Å². The van der Waals surface area contributed by atoms with Crippen molar-refractivity contribution in [2.24, 2.45) is 5.92 Å². The summed E-state index contributed by atoms with van der Waals surface area (Å²) in [5, 5.41) is 13.4. The van der Waals surface area contributed by atoms with Gasteiger partial charge in [-0.3, -0.25) is 14.9 Å². The zero-order valence-corrected chi connectivity index (χ0v) is 10.6. The molecule has 1 rings (SSSR count). The zero-order valence-electron chi connectivity index (χ0n) is 10.6. The van der Waals surface area contributed by atoms with E-state index in [2.05, 4.69) is 17.6 Å². The first-order valence-electron chi connectivity index (χ1n) is 6.31. The molecular formula is C12H20N2O4. The maximum Gasteiger partial charge on any atom is 0.321 e. The number of carboxylic acids is 1. The molecule has 6 heteroatoms. The minimum absolute atomic E-state index is 0.0555. The summed E-state index contributed by atoms with van der Waals surface area (Å²) >= 11 is 0. The van der Waals surface area contributed by atoms with Gasteiger partial charge in [0, 0.05) is 18.9 Å². The van der Waals surface area contributed by atoms with Crippen molar-refractivity contribution in [3.8, 4) is 0 Å². The summed E-state index contributed by atoms with van der Waals surface area (Å²) in [7, 11) is 0. The van der Waals surface area contributed by atoms with Gasteiger partial charge in [-0.25, -0.2) is 4.79 Å². The number of carboxylic acid groups (broad SMARTS) is 1. The molecule has 0 radical (unpaired) electrons. The molecular weight excluding hydrogens is 236 g/mol. The molecule has 1 aliphatic rings. The smallest absolute Gasteiger partial charge is 0.321 e. The Morgan fingerprint density at radius 1 is 1.22 bits per heavy atom. The van der Waals surface area contributed by atoms with E-state index in [1.807, 2.05) is 0 Å². The van der Waals surface area contributed by atoms with Gasteiger partial charge in [0.05, 0.1) is 0 Å². The average molecular weight is 256 g/mol. The van der Waals surface area contributed by atoms with Gasteiger partial charge in [0.15, 0.2) is 0 Å². The fraction of sp³-hybridized carbons (Fsp3) is 0.750. The van der Waals surface area contributed by atoms with E-state index in [0.717, 1.165) is 19.3 Å². The molecule has 102 valence electrons. The van der Waals surface area contributed by atoms with Crippen LogP contribution in [0.5, 0.6) is 0 Å². The first kappa shape index (κ1) is 14.5. The van der Waals surface area contributed by atoms with Crippen LogP contribution in [-0.2, 0) is 9.59 Å². The monoisotopic (exact) mass is 256 g/mol. The van der Waals surface area contributed by atoms with E-state index >= 15 is 0 Å². The van der Waals surface area contributed by atoms with E-state index < -0.39 is 17.9 Å². The third-order valence-corrected chi connectivity index (χ3v) is 3.23. The number of imide groups is 1. The molecule has 0 aromatic carbocycles. The first-order chi connectivity index (χ1) is 8.49. The van der Waals surface area contributed by atoms with E-state index in [9.17, 15) is 14.4 Å². The van der Waals surface area contributed by atoms with Crippen LogP contribution in [0.25, 0.3) is 0 Å². The van der Waals surface area contributed by atoms with Gasteiger partial charge in [0.1, 0.15) is 0 Å². The molecule has 2 atom stereocenters. The zero-order chi connectivity index (χ0) is 13.5. The molecule has 0 bridgehead atoms. The molecule has 0 heterocycles. The van der Waals surface area contributed by atoms with Crippen LogP contribution < -0.4 is 10.6 Å². The predicted molar refractivity (Wildman–Crippen MR) is 65.0 cm³/mol. The van der Waals surface area contributed by atoms with E-state index in [1.54, 1.807) is 0 Å². The van der Waals surface area contributed by atoms with Crippen molar-refractivity contribution in [3.63, 3.8) is 0 Å². The molecule has 0 saturated heterocycles. The minimum atomic E-state index is -0.938. The maximum absolute atomic E-state index is 11.5. The minimum Gasteiger partial charge on any atom is -0.481 e. The van der Waals surface area contributed by atoms with Gasteiger partial charge in [-0.2, -0.15) is 0 Å². The van der Waals surface area contributed by atoms with Gasteiger partial charge in [-0.1, -0.05) is 13.3 Å². The van der Waals surface area contributed by atoms with Crippen LogP contribution in [0.3, 0.4) is 0 Å². The Labute approximate surface area is 106 Å². The molecule has 18 heavy (non-hydrogen) atoms. The number of aliphatic carboxylic acids is 1. The Kier molecular flexibility index (Phi) is 5.61. The normalized spacial score (nSPS) is 22.5. The lowest BCUT2D eigenvalue weighted by atomic mass is 10.1. The molecule has 2 unspecified atom stereocenters. The second-order valence-electron chi connectivity index (χ2n) is 4.78. The number of carbonyl (C=O) groups is 3. The summed E-state index contributed by atoms with van der Waals surface area (Å²) in [5.74, 6) is -0.927. The lowest BCUT2D eigenvalue weighted by Gasteiger charge is -2.17. The second kappa shape index (κ2) is 6.98. The molecule has 0 aromatic rings. The Morgan fingerprint density at radius 2 is 1.94 bits per heavy atom. The van der Waals surface area contributed by atoms with Crippen molar-refractivity contribution in [2.45, 2.75) is 51.5 Å². The summed E-state index contributed by atoms with van der Waals surface area (Å²) in [6, 6.07) is -0.342. The summed E-state index contributed by atoms with van der Waals surface area (Å²) in [4.78, 5) is 33.1. The molecule has 6 nitrogen and oxygen atoms in total. The number of urea groups is 1. The van der Waals surface area contributed by atoms with Crippen molar-refractivity contribution in [3.05, 3.63) is 0 Å². The average Bonchev–Trinajstić information content (AvgIpc) is 2.63. The molecule has 1 saturated carbocycles. The standard InChI is InChI=1S/C12H20N2O4/c1-8-4-2-5-9(8)13-12(18)14-10(15)6-3-7-11(16)17/h8-9H,2-7H2,1H3,(H,16,17)(H2,13,14,15,18). The topological polar surface area (TPSA) is 95.5 Å². The van der Waals surface area contributed by atoms with E-state index in [0.29, 0.717) is 5.92 Å². The number of hydrogen-bond acceptors (Lipinski definition) is 3. The largest absolute Gasteiger partial charge is 0.481 e. The lowest BCUT2D eigenvalue weighted by molar-refractivity contribution is -0.137. The van der Waals surface area contributed by atoms with Crippen LogP contribution in [0.15, 0.2) is 0 Å². The van der Waals surface area contributed by atoms with Crippen molar-refractivity contribution in [1.82, 2.24) is 10.6 Å². The Hall–Kier alpha value is -1.59. The quantitative estimate of drug-likeness (QED) is 0.690. The van der Waals surface area contributed by atoms with E-state index in [-0.39, 0.29) is 25.3 Å². The van der Waals surface area contributed by atoms with Crippen molar-refractivity contribution in [2.75, 3.05) is 0 Å². The van der Waals surface area contributed by atoms with Crippen LogP contribution in [0.4, 0.5) is 4.79 Å². The number of carbonyl (C=O) groups excluding carboxylic acids is 2. The van der Waals surface area contributed by atoms with Crippen LogP contribution >= 0.6 is 0 Å². The van der Waals surface area contributed by atoms with Crippen LogP contribution in [0.2, 0.25) is 0 Å². The highest BCUT2D eigenvalue weighted by atomic mass is 16.4.